The number of carbonyl (C=O) groups is 1. The molecule has 0 bridgehead atoms. The fraction of sp³-hybridized carbons (Fsp3) is 0.562. The standard InChI is InChI=1S/C16H23N5O2S/c1-11-13(12(2)23-19-11)9-24-10-15(22)21-7-4-17-8-14(21)16-18-5-6-20(16)3/h5-6,14,17H,4,7-10H2,1-3H3. The molecule has 0 saturated carbocycles. The van der Waals surface area contributed by atoms with Crippen LogP contribution in [0.5, 0.6) is 0 Å². The van der Waals surface area contributed by atoms with Crippen molar-refractivity contribution in [2.24, 2.45) is 7.05 Å². The predicted molar refractivity (Wildman–Crippen MR) is 92.7 cm³/mol. The molecule has 1 fully saturated rings. The Labute approximate surface area is 145 Å². The summed E-state index contributed by atoms with van der Waals surface area (Å²) in [6, 6.07) is -0.00841. The van der Waals surface area contributed by atoms with Gasteiger partial charge in [0.15, 0.2) is 0 Å². The van der Waals surface area contributed by atoms with E-state index in [1.54, 1.807) is 18.0 Å². The topological polar surface area (TPSA) is 76.2 Å². The number of nitrogens with zero attached hydrogens (tertiary/aromatic N) is 4. The van der Waals surface area contributed by atoms with Crippen molar-refractivity contribution < 1.29 is 9.32 Å². The molecule has 0 aromatic carbocycles. The number of imidazole rings is 1. The fourth-order valence-electron chi connectivity index (χ4n) is 2.96. The van der Waals surface area contributed by atoms with Gasteiger partial charge in [0.05, 0.1) is 11.4 Å². The first-order chi connectivity index (χ1) is 11.6. The van der Waals surface area contributed by atoms with Crippen molar-refractivity contribution in [3.63, 3.8) is 0 Å². The lowest BCUT2D eigenvalue weighted by molar-refractivity contribution is -0.131. The van der Waals surface area contributed by atoms with Gasteiger partial charge in [0, 0.05) is 50.4 Å². The summed E-state index contributed by atoms with van der Waals surface area (Å²) in [5.41, 5.74) is 1.99. The number of piperazine rings is 1. The van der Waals surface area contributed by atoms with E-state index in [4.69, 9.17) is 4.52 Å². The zero-order valence-corrected chi connectivity index (χ0v) is 15.1. The molecule has 3 rings (SSSR count). The van der Waals surface area contributed by atoms with Crippen molar-refractivity contribution in [1.29, 1.82) is 0 Å². The second-order valence-electron chi connectivity index (χ2n) is 6.00. The Bertz CT molecular complexity index is 692. The summed E-state index contributed by atoms with van der Waals surface area (Å²) >= 11 is 1.61. The van der Waals surface area contributed by atoms with Crippen LogP contribution in [0.3, 0.4) is 0 Å². The molecule has 1 aliphatic rings. The quantitative estimate of drug-likeness (QED) is 0.880. The molecule has 24 heavy (non-hydrogen) atoms. The van der Waals surface area contributed by atoms with Crippen molar-refractivity contribution in [1.82, 2.24) is 24.9 Å². The highest BCUT2D eigenvalue weighted by Gasteiger charge is 2.30. The van der Waals surface area contributed by atoms with E-state index in [2.05, 4.69) is 15.5 Å². The average Bonchev–Trinajstić information content (AvgIpc) is 3.14. The molecule has 0 radical (unpaired) electrons. The maximum atomic E-state index is 12.7. The number of aryl methyl sites for hydroxylation is 3. The summed E-state index contributed by atoms with van der Waals surface area (Å²) in [5, 5.41) is 7.31. The van der Waals surface area contributed by atoms with Crippen LogP contribution >= 0.6 is 11.8 Å². The molecule has 8 heteroatoms. The number of hydrogen-bond donors (Lipinski definition) is 1. The second-order valence-corrected chi connectivity index (χ2v) is 6.98. The first-order valence-corrected chi connectivity index (χ1v) is 9.20. The Balaban J connectivity index is 1.61. The zero-order chi connectivity index (χ0) is 17.1. The van der Waals surface area contributed by atoms with Crippen LogP contribution in [0.4, 0.5) is 0 Å². The molecule has 3 heterocycles. The Morgan fingerprint density at radius 1 is 1.50 bits per heavy atom. The van der Waals surface area contributed by atoms with Crippen LogP contribution in [-0.2, 0) is 17.6 Å². The number of aromatic nitrogens is 3. The molecule has 1 unspecified atom stereocenters. The number of hydrogen-bond acceptors (Lipinski definition) is 6. The lowest BCUT2D eigenvalue weighted by atomic mass is 10.1. The van der Waals surface area contributed by atoms with E-state index in [0.29, 0.717) is 12.3 Å². The van der Waals surface area contributed by atoms with E-state index in [0.717, 1.165) is 41.7 Å². The van der Waals surface area contributed by atoms with E-state index in [-0.39, 0.29) is 11.9 Å². The molecule has 2 aromatic rings. The van der Waals surface area contributed by atoms with Crippen LogP contribution < -0.4 is 5.32 Å². The third-order valence-electron chi connectivity index (χ3n) is 4.37. The van der Waals surface area contributed by atoms with Gasteiger partial charge < -0.3 is 19.3 Å². The Morgan fingerprint density at radius 2 is 2.33 bits per heavy atom. The maximum absolute atomic E-state index is 12.7. The highest BCUT2D eigenvalue weighted by atomic mass is 32.2. The first-order valence-electron chi connectivity index (χ1n) is 8.05. The summed E-state index contributed by atoms with van der Waals surface area (Å²) in [7, 11) is 1.96. The van der Waals surface area contributed by atoms with E-state index in [1.165, 1.54) is 0 Å². The van der Waals surface area contributed by atoms with Crippen LogP contribution in [0.15, 0.2) is 16.9 Å². The van der Waals surface area contributed by atoms with Gasteiger partial charge in [-0.2, -0.15) is 0 Å². The average molecular weight is 349 g/mol. The number of carbonyl (C=O) groups excluding carboxylic acids is 1. The van der Waals surface area contributed by atoms with Crippen LogP contribution in [0.2, 0.25) is 0 Å². The number of thioether (sulfide) groups is 1. The molecular formula is C16H23N5O2S. The summed E-state index contributed by atoms with van der Waals surface area (Å²) in [5.74, 6) is 3.10. The van der Waals surface area contributed by atoms with Gasteiger partial charge in [0.25, 0.3) is 0 Å². The number of nitrogens with one attached hydrogen (secondary N) is 1. The third-order valence-corrected chi connectivity index (χ3v) is 5.32. The summed E-state index contributed by atoms with van der Waals surface area (Å²) < 4.78 is 7.15. The van der Waals surface area contributed by atoms with Gasteiger partial charge in [-0.15, -0.1) is 11.8 Å². The molecule has 0 aliphatic carbocycles. The number of rotatable bonds is 5. The monoisotopic (exact) mass is 349 g/mol. The Morgan fingerprint density at radius 3 is 3.00 bits per heavy atom. The van der Waals surface area contributed by atoms with Crippen molar-refractivity contribution in [3.8, 4) is 0 Å². The number of amides is 1. The van der Waals surface area contributed by atoms with E-state index in [9.17, 15) is 4.79 Å². The van der Waals surface area contributed by atoms with Gasteiger partial charge in [-0.25, -0.2) is 4.98 Å². The van der Waals surface area contributed by atoms with E-state index < -0.39 is 0 Å². The van der Waals surface area contributed by atoms with Crippen LogP contribution in [-0.4, -0.2) is 50.9 Å². The molecular weight excluding hydrogens is 326 g/mol. The molecule has 1 amide bonds. The smallest absolute Gasteiger partial charge is 0.233 e. The summed E-state index contributed by atoms with van der Waals surface area (Å²) in [6.45, 7) is 6.11. The largest absolute Gasteiger partial charge is 0.361 e. The van der Waals surface area contributed by atoms with Gasteiger partial charge in [-0.3, -0.25) is 4.79 Å². The molecule has 1 atom stereocenters. The second kappa shape index (κ2) is 7.40. The van der Waals surface area contributed by atoms with Crippen molar-refractivity contribution >= 4 is 17.7 Å². The van der Waals surface area contributed by atoms with E-state index >= 15 is 0 Å². The minimum atomic E-state index is -0.00841. The van der Waals surface area contributed by atoms with Gasteiger partial charge in [-0.1, -0.05) is 5.16 Å². The lowest BCUT2D eigenvalue weighted by Gasteiger charge is -2.35. The van der Waals surface area contributed by atoms with Gasteiger partial charge in [0.1, 0.15) is 17.6 Å². The van der Waals surface area contributed by atoms with Gasteiger partial charge in [-0.05, 0) is 13.8 Å². The van der Waals surface area contributed by atoms with E-state index in [1.807, 2.05) is 36.6 Å². The molecule has 0 spiro atoms. The lowest BCUT2D eigenvalue weighted by Crippen LogP contribution is -2.50. The zero-order valence-electron chi connectivity index (χ0n) is 14.3. The fourth-order valence-corrected chi connectivity index (χ4v) is 4.02. The maximum Gasteiger partial charge on any atom is 0.233 e. The van der Waals surface area contributed by atoms with Gasteiger partial charge >= 0.3 is 0 Å². The van der Waals surface area contributed by atoms with Crippen LogP contribution in [0.25, 0.3) is 0 Å². The van der Waals surface area contributed by atoms with Crippen LogP contribution in [0, 0.1) is 13.8 Å². The summed E-state index contributed by atoms with van der Waals surface area (Å²) in [6.07, 6.45) is 3.69. The predicted octanol–water partition coefficient (Wildman–Crippen LogP) is 1.43. The SMILES string of the molecule is Cc1noc(C)c1CSCC(=O)N1CCNCC1c1nccn1C. The molecule has 1 saturated heterocycles. The highest BCUT2D eigenvalue weighted by molar-refractivity contribution is 7.99. The molecule has 2 aromatic heterocycles. The van der Waals surface area contributed by atoms with Gasteiger partial charge in [0.2, 0.25) is 5.91 Å². The molecule has 130 valence electrons. The van der Waals surface area contributed by atoms with Crippen LogP contribution in [0.1, 0.15) is 28.9 Å². The van der Waals surface area contributed by atoms with Crippen molar-refractivity contribution in [2.75, 3.05) is 25.4 Å². The Hall–Kier alpha value is -1.80. The third kappa shape index (κ3) is 3.49. The highest BCUT2D eigenvalue weighted by Crippen LogP contribution is 2.23. The normalized spacial score (nSPS) is 18.1. The molecule has 1 N–H and O–H groups in total. The van der Waals surface area contributed by atoms with Crippen molar-refractivity contribution in [3.05, 3.63) is 35.2 Å². The Kier molecular flexibility index (Phi) is 5.25. The summed E-state index contributed by atoms with van der Waals surface area (Å²) in [4.78, 5) is 19.1. The molecule has 7 nitrogen and oxygen atoms in total. The van der Waals surface area contributed by atoms with Crippen molar-refractivity contribution in [2.45, 2.75) is 25.6 Å². The molecule has 1 aliphatic heterocycles. The first kappa shape index (κ1) is 17.0. The minimum Gasteiger partial charge on any atom is -0.361 e. The minimum absolute atomic E-state index is 0.00841.